The van der Waals surface area contributed by atoms with Gasteiger partial charge >= 0.3 is 0 Å². The number of rotatable bonds is 6. The molecule has 0 N–H and O–H groups in total. The maximum absolute atomic E-state index is 2.62. The average molecular weight is 764 g/mol. The van der Waals surface area contributed by atoms with Crippen LogP contribution >= 0.6 is 0 Å². The third-order valence-electron chi connectivity index (χ3n) is 15.9. The summed E-state index contributed by atoms with van der Waals surface area (Å²) in [5.41, 5.74) is 21.3. The lowest BCUT2D eigenvalue weighted by molar-refractivity contribution is -0.00522. The van der Waals surface area contributed by atoms with Crippen LogP contribution in [0.2, 0.25) is 0 Å². The SMILES string of the molecule is Cc1cc(C23CC4CC(CC(C4)C2)C3)cc(C)c1N(c1ccc2c(c1)C(C)(C)c1ccccc1-2)c1ccc2c(c1)C(c1ccccc1)(c1ccccc1)c1ccccc1-2. The Morgan fingerprint density at radius 1 is 0.424 bits per heavy atom. The van der Waals surface area contributed by atoms with E-state index in [2.05, 4.69) is 190 Å². The molecule has 7 aromatic rings. The minimum absolute atomic E-state index is 0.102. The lowest BCUT2D eigenvalue weighted by atomic mass is 9.48. The average Bonchev–Trinajstić information content (AvgIpc) is 3.67. The van der Waals surface area contributed by atoms with Crippen LogP contribution in [0.1, 0.15) is 102 Å². The van der Waals surface area contributed by atoms with Crippen molar-refractivity contribution in [2.75, 3.05) is 4.90 Å². The van der Waals surface area contributed by atoms with Crippen LogP contribution in [0.25, 0.3) is 22.3 Å². The number of hydrogen-bond acceptors (Lipinski definition) is 1. The summed E-state index contributed by atoms with van der Waals surface area (Å²) in [6.07, 6.45) is 8.56. The van der Waals surface area contributed by atoms with Crippen LogP contribution in [-0.4, -0.2) is 0 Å². The highest BCUT2D eigenvalue weighted by atomic mass is 15.1. The Balaban J connectivity index is 1.09. The molecule has 0 amide bonds. The molecule has 1 nitrogen and oxygen atoms in total. The van der Waals surface area contributed by atoms with Crippen molar-refractivity contribution >= 4 is 17.1 Å². The van der Waals surface area contributed by atoms with Gasteiger partial charge in [0.15, 0.2) is 0 Å². The molecule has 290 valence electrons. The standard InChI is InChI=1S/C58H53N/c1-37-27-44(57-34-39-29-40(35-57)31-41(30-39)36-57)28-38(2)55(37)59(45-23-25-49-47-19-11-13-21-51(47)56(3,4)53(49)32-45)46-24-26-50-48-20-12-14-22-52(48)58(54(50)33-46,42-15-7-5-8-16-42)43-17-9-6-10-18-43/h5-28,32-33,39-41H,29-31,34-36H2,1-4H3. The summed E-state index contributed by atoms with van der Waals surface area (Å²) >= 11 is 0. The molecular weight excluding hydrogens is 711 g/mol. The summed E-state index contributed by atoms with van der Waals surface area (Å²) in [5.74, 6) is 2.76. The van der Waals surface area contributed by atoms with Crippen molar-refractivity contribution in [3.8, 4) is 22.3 Å². The largest absolute Gasteiger partial charge is 0.310 e. The molecule has 4 saturated carbocycles. The van der Waals surface area contributed by atoms with Gasteiger partial charge in [-0.05, 0) is 172 Å². The number of aryl methyl sites for hydroxylation is 2. The highest BCUT2D eigenvalue weighted by Gasteiger charge is 2.52. The van der Waals surface area contributed by atoms with Crippen molar-refractivity contribution < 1.29 is 0 Å². The number of anilines is 3. The van der Waals surface area contributed by atoms with E-state index in [9.17, 15) is 0 Å². The zero-order chi connectivity index (χ0) is 39.7. The summed E-state index contributed by atoms with van der Waals surface area (Å²) in [7, 11) is 0. The summed E-state index contributed by atoms with van der Waals surface area (Å²) in [6.45, 7) is 9.61. The van der Waals surface area contributed by atoms with Crippen LogP contribution in [0.5, 0.6) is 0 Å². The lowest BCUT2D eigenvalue weighted by Crippen LogP contribution is -2.48. The minimum Gasteiger partial charge on any atom is -0.310 e. The second-order valence-electron chi connectivity index (χ2n) is 19.6. The second kappa shape index (κ2) is 12.7. The summed E-state index contributed by atoms with van der Waals surface area (Å²) < 4.78 is 0. The zero-order valence-electron chi connectivity index (χ0n) is 34.9. The third-order valence-corrected chi connectivity index (χ3v) is 15.9. The molecule has 0 saturated heterocycles. The Morgan fingerprint density at radius 2 is 0.864 bits per heavy atom. The Labute approximate surface area is 350 Å². The van der Waals surface area contributed by atoms with Gasteiger partial charge in [0.05, 0.1) is 11.1 Å². The monoisotopic (exact) mass is 763 g/mol. The molecule has 6 aliphatic rings. The highest BCUT2D eigenvalue weighted by Crippen LogP contribution is 2.62. The van der Waals surface area contributed by atoms with E-state index in [4.69, 9.17) is 0 Å². The van der Waals surface area contributed by atoms with Crippen molar-refractivity contribution in [3.63, 3.8) is 0 Å². The van der Waals surface area contributed by atoms with Gasteiger partial charge in [0.2, 0.25) is 0 Å². The van der Waals surface area contributed by atoms with Gasteiger partial charge in [-0.25, -0.2) is 0 Å². The third kappa shape index (κ3) is 4.97. The molecule has 0 atom stereocenters. The smallest absolute Gasteiger partial charge is 0.0714 e. The molecule has 0 aromatic heterocycles. The van der Waals surface area contributed by atoms with Gasteiger partial charge < -0.3 is 4.90 Å². The zero-order valence-corrected chi connectivity index (χ0v) is 34.9. The van der Waals surface area contributed by atoms with Crippen molar-refractivity contribution in [2.24, 2.45) is 17.8 Å². The minimum atomic E-state index is -0.468. The fraction of sp³-hybridized carbons (Fsp3) is 0.276. The lowest BCUT2D eigenvalue weighted by Gasteiger charge is -2.57. The molecule has 0 radical (unpaired) electrons. The van der Waals surface area contributed by atoms with Crippen LogP contribution < -0.4 is 4.90 Å². The van der Waals surface area contributed by atoms with Crippen LogP contribution in [0.4, 0.5) is 17.1 Å². The van der Waals surface area contributed by atoms with Crippen LogP contribution in [-0.2, 0) is 16.2 Å². The summed E-state index contributed by atoms with van der Waals surface area (Å²) in [6, 6.07) is 60.6. The Kier molecular flexibility index (Phi) is 7.58. The number of fused-ring (bicyclic) bond motifs is 6. The topological polar surface area (TPSA) is 3.24 Å². The summed E-state index contributed by atoms with van der Waals surface area (Å²) in [5, 5.41) is 0. The van der Waals surface area contributed by atoms with Gasteiger partial charge in [-0.1, -0.05) is 147 Å². The predicted octanol–water partition coefficient (Wildman–Crippen LogP) is 14.9. The van der Waals surface area contributed by atoms with E-state index in [-0.39, 0.29) is 5.41 Å². The van der Waals surface area contributed by atoms with E-state index in [1.807, 2.05) is 0 Å². The van der Waals surface area contributed by atoms with Crippen molar-refractivity contribution in [3.05, 3.63) is 208 Å². The molecule has 59 heavy (non-hydrogen) atoms. The van der Waals surface area contributed by atoms with Crippen molar-refractivity contribution in [1.29, 1.82) is 0 Å². The van der Waals surface area contributed by atoms with Gasteiger partial charge in [0.1, 0.15) is 0 Å². The Hall–Kier alpha value is -5.66. The Morgan fingerprint density at radius 3 is 1.42 bits per heavy atom. The molecule has 0 spiro atoms. The van der Waals surface area contributed by atoms with E-state index in [1.54, 1.807) is 5.56 Å². The predicted molar refractivity (Wildman–Crippen MR) is 245 cm³/mol. The van der Waals surface area contributed by atoms with Gasteiger partial charge in [-0.2, -0.15) is 0 Å². The van der Waals surface area contributed by atoms with Gasteiger partial charge in [0, 0.05) is 16.8 Å². The maximum atomic E-state index is 2.62. The van der Waals surface area contributed by atoms with E-state index in [1.165, 1.54) is 122 Å². The molecule has 0 heterocycles. The fourth-order valence-corrected chi connectivity index (χ4v) is 13.9. The molecule has 1 heteroatoms. The molecule has 4 bridgehead atoms. The molecular formula is C58H53N. The van der Waals surface area contributed by atoms with E-state index >= 15 is 0 Å². The van der Waals surface area contributed by atoms with E-state index in [0.717, 1.165) is 17.8 Å². The van der Waals surface area contributed by atoms with Gasteiger partial charge in [-0.15, -0.1) is 0 Å². The molecule has 13 rings (SSSR count). The van der Waals surface area contributed by atoms with E-state index in [0.29, 0.717) is 5.41 Å². The molecule has 4 fully saturated rings. The number of hydrogen-bond donors (Lipinski definition) is 0. The van der Waals surface area contributed by atoms with Crippen LogP contribution in [0.3, 0.4) is 0 Å². The first-order valence-electron chi connectivity index (χ1n) is 22.3. The number of nitrogens with zero attached hydrogens (tertiary/aromatic N) is 1. The fourth-order valence-electron chi connectivity index (χ4n) is 13.9. The van der Waals surface area contributed by atoms with Gasteiger partial charge in [-0.3, -0.25) is 0 Å². The normalized spacial score (nSPS) is 23.4. The van der Waals surface area contributed by atoms with Crippen LogP contribution in [0.15, 0.2) is 158 Å². The van der Waals surface area contributed by atoms with Crippen molar-refractivity contribution in [2.45, 2.75) is 82.5 Å². The summed E-state index contributed by atoms with van der Waals surface area (Å²) in [4.78, 5) is 2.62. The first kappa shape index (κ1) is 35.3. The van der Waals surface area contributed by atoms with E-state index < -0.39 is 5.41 Å². The van der Waals surface area contributed by atoms with Crippen LogP contribution in [0, 0.1) is 31.6 Å². The van der Waals surface area contributed by atoms with Gasteiger partial charge in [0.25, 0.3) is 0 Å². The highest BCUT2D eigenvalue weighted by molar-refractivity contribution is 5.91. The molecule has 0 aliphatic heterocycles. The molecule has 0 unspecified atom stereocenters. The maximum Gasteiger partial charge on any atom is 0.0714 e. The Bertz CT molecular complexity index is 2710. The second-order valence-corrected chi connectivity index (χ2v) is 19.6. The molecule has 6 aliphatic carbocycles. The molecule has 7 aromatic carbocycles. The van der Waals surface area contributed by atoms with Crippen molar-refractivity contribution in [1.82, 2.24) is 0 Å². The first-order chi connectivity index (χ1) is 28.7. The quantitative estimate of drug-likeness (QED) is 0.163. The number of benzene rings is 7. The first-order valence-corrected chi connectivity index (χ1v) is 22.3.